The molecule has 0 spiro atoms. The highest BCUT2D eigenvalue weighted by Crippen LogP contribution is 2.55. The van der Waals surface area contributed by atoms with Crippen molar-refractivity contribution in [2.45, 2.75) is 50.6 Å². The second kappa shape index (κ2) is 6.74. The molecule has 1 aliphatic heterocycles. The van der Waals surface area contributed by atoms with Gasteiger partial charge in [0.15, 0.2) is 0 Å². The van der Waals surface area contributed by atoms with Gasteiger partial charge in [0.25, 0.3) is 11.5 Å². The molecule has 6 nitrogen and oxygen atoms in total. The summed E-state index contributed by atoms with van der Waals surface area (Å²) >= 11 is 0. The van der Waals surface area contributed by atoms with Crippen molar-refractivity contribution in [3.8, 4) is 0 Å². The summed E-state index contributed by atoms with van der Waals surface area (Å²) in [7, 11) is 0. The number of aromatic amines is 1. The van der Waals surface area contributed by atoms with Crippen molar-refractivity contribution in [2.24, 2.45) is 17.8 Å². The minimum Gasteiger partial charge on any atom is -0.379 e. The SMILES string of the molecule is O=C(NC12CC3CC(CC(C3)C1)C2)c1ccc(CN2CCOCC2)[nH]c1=O. The maximum absolute atomic E-state index is 12.9. The fourth-order valence-electron chi connectivity index (χ4n) is 6.36. The van der Waals surface area contributed by atoms with Gasteiger partial charge in [-0.25, -0.2) is 0 Å². The lowest BCUT2D eigenvalue weighted by atomic mass is 9.53. The van der Waals surface area contributed by atoms with Gasteiger partial charge in [-0.1, -0.05) is 0 Å². The molecule has 2 N–H and O–H groups in total. The van der Waals surface area contributed by atoms with Crippen LogP contribution in [-0.2, 0) is 11.3 Å². The first-order chi connectivity index (χ1) is 13.1. The second-order valence-electron chi connectivity index (χ2n) is 9.27. The lowest BCUT2D eigenvalue weighted by Crippen LogP contribution is -2.60. The van der Waals surface area contributed by atoms with E-state index in [0.717, 1.165) is 69.0 Å². The van der Waals surface area contributed by atoms with E-state index >= 15 is 0 Å². The summed E-state index contributed by atoms with van der Waals surface area (Å²) in [5, 5.41) is 3.30. The summed E-state index contributed by atoms with van der Waals surface area (Å²) in [4.78, 5) is 30.6. The van der Waals surface area contributed by atoms with Gasteiger partial charge in [0.05, 0.1) is 13.2 Å². The fourth-order valence-corrected chi connectivity index (χ4v) is 6.36. The van der Waals surface area contributed by atoms with Gasteiger partial charge in [-0.05, 0) is 68.4 Å². The first kappa shape index (κ1) is 17.4. The number of nitrogens with one attached hydrogen (secondary N) is 2. The summed E-state index contributed by atoms with van der Waals surface area (Å²) in [5.41, 5.74) is 0.762. The monoisotopic (exact) mass is 371 g/mol. The summed E-state index contributed by atoms with van der Waals surface area (Å²) in [6.07, 6.45) is 7.30. The maximum Gasteiger partial charge on any atom is 0.261 e. The number of carbonyl (C=O) groups is 1. The van der Waals surface area contributed by atoms with Crippen molar-refractivity contribution < 1.29 is 9.53 Å². The third kappa shape index (κ3) is 3.45. The van der Waals surface area contributed by atoms with Gasteiger partial charge in [0, 0.05) is 30.9 Å². The molecule has 4 saturated carbocycles. The van der Waals surface area contributed by atoms with E-state index in [4.69, 9.17) is 4.74 Å². The van der Waals surface area contributed by atoms with Crippen LogP contribution in [0.4, 0.5) is 0 Å². The highest BCUT2D eigenvalue weighted by Gasteiger charge is 2.51. The van der Waals surface area contributed by atoms with Crippen molar-refractivity contribution in [1.29, 1.82) is 0 Å². The molecule has 6 heteroatoms. The molecule has 4 aliphatic carbocycles. The van der Waals surface area contributed by atoms with Crippen LogP contribution in [0.5, 0.6) is 0 Å². The Morgan fingerprint density at radius 2 is 1.74 bits per heavy atom. The van der Waals surface area contributed by atoms with Gasteiger partial charge in [-0.3, -0.25) is 14.5 Å². The minimum absolute atomic E-state index is 0.0647. The molecule has 0 unspecified atom stereocenters. The topological polar surface area (TPSA) is 74.4 Å². The zero-order valence-electron chi connectivity index (χ0n) is 15.8. The Kier molecular flexibility index (Phi) is 4.36. The number of hydrogen-bond acceptors (Lipinski definition) is 4. The highest BCUT2D eigenvalue weighted by molar-refractivity contribution is 5.94. The fraction of sp³-hybridized carbons (Fsp3) is 0.714. The first-order valence-electron chi connectivity index (χ1n) is 10.4. The number of nitrogens with zero attached hydrogens (tertiary/aromatic N) is 1. The molecule has 27 heavy (non-hydrogen) atoms. The van der Waals surface area contributed by atoms with Crippen LogP contribution in [0.2, 0.25) is 0 Å². The Morgan fingerprint density at radius 3 is 2.33 bits per heavy atom. The van der Waals surface area contributed by atoms with E-state index < -0.39 is 0 Å². The van der Waals surface area contributed by atoms with Gasteiger partial charge in [0.2, 0.25) is 0 Å². The highest BCUT2D eigenvalue weighted by atomic mass is 16.5. The minimum atomic E-state index is -0.275. The first-order valence-corrected chi connectivity index (χ1v) is 10.4. The van der Waals surface area contributed by atoms with Crippen LogP contribution in [0, 0.1) is 17.8 Å². The Balaban J connectivity index is 1.28. The molecular weight excluding hydrogens is 342 g/mol. The van der Waals surface area contributed by atoms with E-state index in [1.807, 2.05) is 6.07 Å². The number of rotatable bonds is 4. The quantitative estimate of drug-likeness (QED) is 0.848. The van der Waals surface area contributed by atoms with Gasteiger partial charge in [-0.15, -0.1) is 0 Å². The number of morpholine rings is 1. The number of ether oxygens (including phenoxy) is 1. The number of H-pyrrole nitrogens is 1. The van der Waals surface area contributed by atoms with E-state index in [1.165, 1.54) is 19.3 Å². The average Bonchev–Trinajstić information content (AvgIpc) is 2.61. The summed E-state index contributed by atoms with van der Waals surface area (Å²) in [6.45, 7) is 3.90. The third-order valence-electron chi connectivity index (χ3n) is 7.13. The zero-order chi connectivity index (χ0) is 18.4. The van der Waals surface area contributed by atoms with E-state index in [1.54, 1.807) is 6.07 Å². The molecule has 1 saturated heterocycles. The van der Waals surface area contributed by atoms with E-state index in [-0.39, 0.29) is 22.6 Å². The van der Waals surface area contributed by atoms with Crippen molar-refractivity contribution in [3.63, 3.8) is 0 Å². The van der Waals surface area contributed by atoms with E-state index in [0.29, 0.717) is 6.54 Å². The number of hydrogen-bond donors (Lipinski definition) is 2. The summed E-state index contributed by atoms with van der Waals surface area (Å²) in [6, 6.07) is 3.58. The van der Waals surface area contributed by atoms with Crippen LogP contribution in [0.3, 0.4) is 0 Å². The van der Waals surface area contributed by atoms with Crippen LogP contribution in [0.1, 0.15) is 54.6 Å². The standard InChI is InChI=1S/C21H29N3O3/c25-19-18(2-1-17(22-19)13-24-3-5-27-6-4-24)20(26)23-21-10-14-7-15(11-21)9-16(8-14)12-21/h1-2,14-16H,3-13H2,(H,22,25)(H,23,26). The predicted octanol–water partition coefficient (Wildman–Crippen LogP) is 1.91. The van der Waals surface area contributed by atoms with Gasteiger partial charge in [-0.2, -0.15) is 0 Å². The summed E-state index contributed by atoms with van der Waals surface area (Å²) < 4.78 is 5.36. The Morgan fingerprint density at radius 1 is 1.11 bits per heavy atom. The molecule has 6 rings (SSSR count). The largest absolute Gasteiger partial charge is 0.379 e. The zero-order valence-corrected chi connectivity index (χ0v) is 15.8. The lowest BCUT2D eigenvalue weighted by molar-refractivity contribution is -0.0167. The molecule has 5 aliphatic rings. The van der Waals surface area contributed by atoms with Gasteiger partial charge in [0.1, 0.15) is 5.56 Å². The molecule has 0 atom stereocenters. The number of amides is 1. The van der Waals surface area contributed by atoms with Gasteiger partial charge < -0.3 is 15.0 Å². The number of carbonyl (C=O) groups excluding carboxylic acids is 1. The van der Waals surface area contributed by atoms with Crippen molar-refractivity contribution in [1.82, 2.24) is 15.2 Å². The van der Waals surface area contributed by atoms with Crippen LogP contribution < -0.4 is 10.9 Å². The molecule has 1 aromatic rings. The Bertz CT molecular complexity index is 746. The molecule has 146 valence electrons. The normalized spacial score (nSPS) is 35.3. The molecule has 2 heterocycles. The van der Waals surface area contributed by atoms with E-state index in [9.17, 15) is 9.59 Å². The molecule has 0 radical (unpaired) electrons. The average molecular weight is 371 g/mol. The van der Waals surface area contributed by atoms with Crippen LogP contribution in [0.25, 0.3) is 0 Å². The molecule has 1 aromatic heterocycles. The second-order valence-corrected chi connectivity index (χ2v) is 9.27. The van der Waals surface area contributed by atoms with Gasteiger partial charge >= 0.3 is 0 Å². The number of aromatic nitrogens is 1. The maximum atomic E-state index is 12.9. The molecular formula is C21H29N3O3. The predicted molar refractivity (Wildman–Crippen MR) is 102 cm³/mol. The van der Waals surface area contributed by atoms with Crippen molar-refractivity contribution >= 4 is 5.91 Å². The molecule has 1 amide bonds. The molecule has 4 bridgehead atoms. The number of pyridine rings is 1. The Hall–Kier alpha value is -1.66. The van der Waals surface area contributed by atoms with Crippen LogP contribution in [-0.4, -0.2) is 47.6 Å². The Labute approximate surface area is 159 Å². The molecule has 0 aromatic carbocycles. The van der Waals surface area contributed by atoms with E-state index in [2.05, 4.69) is 15.2 Å². The smallest absolute Gasteiger partial charge is 0.261 e. The third-order valence-corrected chi connectivity index (χ3v) is 7.13. The van der Waals surface area contributed by atoms with Crippen LogP contribution >= 0.6 is 0 Å². The van der Waals surface area contributed by atoms with Crippen molar-refractivity contribution in [3.05, 3.63) is 33.7 Å². The molecule has 5 fully saturated rings. The lowest BCUT2D eigenvalue weighted by Gasteiger charge is -2.56. The van der Waals surface area contributed by atoms with Crippen molar-refractivity contribution in [2.75, 3.05) is 26.3 Å². The summed E-state index contributed by atoms with van der Waals surface area (Å²) in [5.74, 6) is 2.11. The van der Waals surface area contributed by atoms with Crippen LogP contribution in [0.15, 0.2) is 16.9 Å².